The van der Waals surface area contributed by atoms with Crippen LogP contribution < -0.4 is 10.1 Å². The van der Waals surface area contributed by atoms with Crippen LogP contribution in [0.4, 0.5) is 0 Å². The molecule has 0 amide bonds. The summed E-state index contributed by atoms with van der Waals surface area (Å²) in [4.78, 5) is 0. The standard InChI is InChI=1S/C14H20ClNO2/c1-16-14(12-5-3-4-8-18-12)10-6-7-11(15)13(9-10)17-2/h6-7,9,12,14,16H,3-5,8H2,1-2H3. The summed E-state index contributed by atoms with van der Waals surface area (Å²) in [5.74, 6) is 0.713. The Morgan fingerprint density at radius 1 is 1.44 bits per heavy atom. The van der Waals surface area contributed by atoms with Crippen LogP contribution in [0, 0.1) is 0 Å². The fourth-order valence-corrected chi connectivity index (χ4v) is 2.66. The van der Waals surface area contributed by atoms with Crippen molar-refractivity contribution in [1.29, 1.82) is 0 Å². The van der Waals surface area contributed by atoms with Gasteiger partial charge in [-0.1, -0.05) is 17.7 Å². The Balaban J connectivity index is 2.20. The van der Waals surface area contributed by atoms with Crippen LogP contribution >= 0.6 is 11.6 Å². The fraction of sp³-hybridized carbons (Fsp3) is 0.571. The maximum absolute atomic E-state index is 6.05. The number of nitrogens with one attached hydrogen (secondary N) is 1. The first kappa shape index (κ1) is 13.7. The Kier molecular flexibility index (Phi) is 4.87. The van der Waals surface area contributed by atoms with E-state index in [1.54, 1.807) is 7.11 Å². The average Bonchev–Trinajstić information content (AvgIpc) is 2.42. The lowest BCUT2D eigenvalue weighted by Crippen LogP contribution is -2.34. The largest absolute Gasteiger partial charge is 0.495 e. The number of hydrogen-bond donors (Lipinski definition) is 1. The van der Waals surface area contributed by atoms with Crippen molar-refractivity contribution in [3.05, 3.63) is 28.8 Å². The molecule has 0 radical (unpaired) electrons. The molecule has 2 atom stereocenters. The quantitative estimate of drug-likeness (QED) is 0.911. The Morgan fingerprint density at radius 2 is 2.28 bits per heavy atom. The molecule has 18 heavy (non-hydrogen) atoms. The summed E-state index contributed by atoms with van der Waals surface area (Å²) < 4.78 is 11.1. The summed E-state index contributed by atoms with van der Waals surface area (Å²) in [6, 6.07) is 6.09. The molecule has 2 rings (SSSR count). The highest BCUT2D eigenvalue weighted by Gasteiger charge is 2.25. The number of hydrogen-bond acceptors (Lipinski definition) is 3. The number of likely N-dealkylation sites (N-methyl/N-ethyl adjacent to an activating group) is 1. The van der Waals surface area contributed by atoms with Gasteiger partial charge in [-0.15, -0.1) is 0 Å². The van der Waals surface area contributed by atoms with E-state index in [9.17, 15) is 0 Å². The highest BCUT2D eigenvalue weighted by molar-refractivity contribution is 6.32. The van der Waals surface area contributed by atoms with Crippen LogP contribution in [0.1, 0.15) is 30.9 Å². The number of rotatable bonds is 4. The molecule has 4 heteroatoms. The summed E-state index contributed by atoms with van der Waals surface area (Å²) in [5, 5.41) is 3.97. The fourth-order valence-electron chi connectivity index (χ4n) is 2.47. The van der Waals surface area contributed by atoms with E-state index in [2.05, 4.69) is 5.32 Å². The van der Waals surface area contributed by atoms with Gasteiger partial charge in [0, 0.05) is 6.61 Å². The van der Waals surface area contributed by atoms with Crippen molar-refractivity contribution < 1.29 is 9.47 Å². The van der Waals surface area contributed by atoms with E-state index in [0.29, 0.717) is 10.8 Å². The highest BCUT2D eigenvalue weighted by atomic mass is 35.5. The number of benzene rings is 1. The molecule has 0 aliphatic carbocycles. The van der Waals surface area contributed by atoms with Gasteiger partial charge in [0.1, 0.15) is 5.75 Å². The molecule has 1 N–H and O–H groups in total. The minimum absolute atomic E-state index is 0.191. The Labute approximate surface area is 113 Å². The monoisotopic (exact) mass is 269 g/mol. The summed E-state index contributed by atoms with van der Waals surface area (Å²) in [7, 11) is 3.60. The lowest BCUT2D eigenvalue weighted by molar-refractivity contribution is -0.00664. The van der Waals surface area contributed by atoms with E-state index in [0.717, 1.165) is 25.0 Å². The second-order valence-corrected chi connectivity index (χ2v) is 4.97. The molecule has 100 valence electrons. The number of methoxy groups -OCH3 is 1. The first-order chi connectivity index (χ1) is 8.76. The molecule has 3 nitrogen and oxygen atoms in total. The first-order valence-electron chi connectivity index (χ1n) is 6.38. The molecule has 1 fully saturated rings. The van der Waals surface area contributed by atoms with Gasteiger partial charge in [-0.2, -0.15) is 0 Å². The van der Waals surface area contributed by atoms with E-state index in [1.165, 1.54) is 6.42 Å². The molecule has 0 bridgehead atoms. The molecule has 1 aromatic carbocycles. The van der Waals surface area contributed by atoms with Gasteiger partial charge >= 0.3 is 0 Å². The predicted octanol–water partition coefficient (Wildman–Crippen LogP) is 3.18. The molecule has 0 spiro atoms. The average molecular weight is 270 g/mol. The van der Waals surface area contributed by atoms with Crippen LogP contribution in [0.3, 0.4) is 0 Å². The second kappa shape index (κ2) is 6.41. The Morgan fingerprint density at radius 3 is 2.89 bits per heavy atom. The molecule has 1 heterocycles. The van der Waals surface area contributed by atoms with Crippen molar-refractivity contribution in [2.24, 2.45) is 0 Å². The zero-order valence-electron chi connectivity index (χ0n) is 10.9. The number of ether oxygens (including phenoxy) is 2. The SMILES string of the molecule is CNC(c1ccc(Cl)c(OC)c1)C1CCCCO1. The second-order valence-electron chi connectivity index (χ2n) is 4.57. The molecular formula is C14H20ClNO2. The van der Waals surface area contributed by atoms with Crippen molar-refractivity contribution in [2.75, 3.05) is 20.8 Å². The van der Waals surface area contributed by atoms with Crippen LogP contribution in [0.5, 0.6) is 5.75 Å². The Bertz CT molecular complexity index is 391. The summed E-state index contributed by atoms with van der Waals surface area (Å²) in [6.07, 6.45) is 3.72. The van der Waals surface area contributed by atoms with Gasteiger partial charge in [0.2, 0.25) is 0 Å². The first-order valence-corrected chi connectivity index (χ1v) is 6.76. The third-order valence-corrected chi connectivity index (χ3v) is 3.74. The van der Waals surface area contributed by atoms with Crippen LogP contribution in [0.2, 0.25) is 5.02 Å². The molecule has 2 unspecified atom stereocenters. The zero-order chi connectivity index (χ0) is 13.0. The van der Waals surface area contributed by atoms with Gasteiger partial charge in [-0.05, 0) is 44.0 Å². The molecule has 0 aromatic heterocycles. The normalized spacial score (nSPS) is 21.6. The maximum atomic E-state index is 6.05. The third-order valence-electron chi connectivity index (χ3n) is 3.43. The molecule has 1 aliphatic rings. The van der Waals surface area contributed by atoms with Crippen molar-refractivity contribution in [1.82, 2.24) is 5.32 Å². The smallest absolute Gasteiger partial charge is 0.137 e. The Hall–Kier alpha value is -0.770. The van der Waals surface area contributed by atoms with Gasteiger partial charge in [0.05, 0.1) is 24.3 Å². The summed E-state index contributed by atoms with van der Waals surface area (Å²) >= 11 is 6.05. The molecule has 1 aliphatic heterocycles. The molecule has 1 aromatic rings. The van der Waals surface area contributed by atoms with E-state index < -0.39 is 0 Å². The van der Waals surface area contributed by atoms with E-state index >= 15 is 0 Å². The van der Waals surface area contributed by atoms with E-state index in [1.807, 2.05) is 25.2 Å². The lowest BCUT2D eigenvalue weighted by Gasteiger charge is -2.30. The van der Waals surface area contributed by atoms with Gasteiger partial charge in [0.15, 0.2) is 0 Å². The van der Waals surface area contributed by atoms with Crippen LogP contribution in [0.25, 0.3) is 0 Å². The number of halogens is 1. The summed E-state index contributed by atoms with van der Waals surface area (Å²) in [5.41, 5.74) is 1.16. The minimum Gasteiger partial charge on any atom is -0.495 e. The van der Waals surface area contributed by atoms with E-state index in [-0.39, 0.29) is 12.1 Å². The predicted molar refractivity (Wildman–Crippen MR) is 73.4 cm³/mol. The molecule has 1 saturated heterocycles. The van der Waals surface area contributed by atoms with E-state index in [4.69, 9.17) is 21.1 Å². The van der Waals surface area contributed by atoms with Gasteiger partial charge in [-0.3, -0.25) is 0 Å². The third kappa shape index (κ3) is 2.97. The maximum Gasteiger partial charge on any atom is 0.137 e. The van der Waals surface area contributed by atoms with Gasteiger partial charge in [0.25, 0.3) is 0 Å². The van der Waals surface area contributed by atoms with Gasteiger partial charge in [-0.25, -0.2) is 0 Å². The van der Waals surface area contributed by atoms with Crippen molar-refractivity contribution in [3.63, 3.8) is 0 Å². The molecular weight excluding hydrogens is 250 g/mol. The van der Waals surface area contributed by atoms with Crippen LogP contribution in [-0.2, 0) is 4.74 Å². The zero-order valence-corrected chi connectivity index (χ0v) is 11.7. The minimum atomic E-state index is 0.191. The molecule has 0 saturated carbocycles. The van der Waals surface area contributed by atoms with Crippen molar-refractivity contribution in [2.45, 2.75) is 31.4 Å². The topological polar surface area (TPSA) is 30.5 Å². The van der Waals surface area contributed by atoms with Crippen molar-refractivity contribution >= 4 is 11.6 Å². The van der Waals surface area contributed by atoms with Crippen LogP contribution in [0.15, 0.2) is 18.2 Å². The lowest BCUT2D eigenvalue weighted by atomic mass is 9.96. The summed E-state index contributed by atoms with van der Waals surface area (Å²) in [6.45, 7) is 0.855. The van der Waals surface area contributed by atoms with Crippen molar-refractivity contribution in [3.8, 4) is 5.75 Å². The highest BCUT2D eigenvalue weighted by Crippen LogP contribution is 2.31. The van der Waals surface area contributed by atoms with Gasteiger partial charge < -0.3 is 14.8 Å². The van der Waals surface area contributed by atoms with Crippen LogP contribution in [-0.4, -0.2) is 26.9 Å².